The maximum absolute atomic E-state index is 13.4. The molecule has 2 amide bonds. The third-order valence-electron chi connectivity index (χ3n) is 9.35. The van der Waals surface area contributed by atoms with E-state index in [4.69, 9.17) is 9.72 Å². The summed E-state index contributed by atoms with van der Waals surface area (Å²) in [4.78, 5) is 50.3. The summed E-state index contributed by atoms with van der Waals surface area (Å²) in [6.45, 7) is 11.1. The minimum absolute atomic E-state index is 0.200. The lowest BCUT2D eigenvalue weighted by atomic mass is 10.0. The Morgan fingerprint density at radius 3 is 2.60 bits per heavy atom. The van der Waals surface area contributed by atoms with E-state index in [1.807, 2.05) is 29.2 Å². The summed E-state index contributed by atoms with van der Waals surface area (Å²) in [5, 5.41) is 6.11. The average molecular weight is 637 g/mol. The molecule has 3 aromatic rings. The molecule has 0 saturated carbocycles. The Labute approximate surface area is 274 Å². The third-order valence-corrected chi connectivity index (χ3v) is 9.35. The number of piperidine rings is 1. The first-order chi connectivity index (χ1) is 22.9. The molecule has 244 valence electrons. The second-order valence-electron chi connectivity index (χ2n) is 12.2. The van der Waals surface area contributed by atoms with Gasteiger partial charge >= 0.3 is 0 Å². The van der Waals surface area contributed by atoms with Crippen molar-refractivity contribution >= 4 is 52.3 Å². The smallest absolute Gasteiger partial charge is 0.266 e. The number of methoxy groups -OCH3 is 1. The fraction of sp³-hybridized carbons (Fsp3) is 0.382. The number of guanidine groups is 1. The van der Waals surface area contributed by atoms with E-state index in [0.29, 0.717) is 65.2 Å². The van der Waals surface area contributed by atoms with Crippen molar-refractivity contribution in [2.45, 2.75) is 18.9 Å². The van der Waals surface area contributed by atoms with Crippen molar-refractivity contribution in [2.24, 2.45) is 4.99 Å². The van der Waals surface area contributed by atoms with E-state index < -0.39 is 0 Å². The summed E-state index contributed by atoms with van der Waals surface area (Å²) in [5.41, 5.74) is 3.46. The number of carbonyl (C=O) groups is 2. The van der Waals surface area contributed by atoms with Gasteiger partial charge in [0.05, 0.1) is 25.0 Å². The number of nitrogens with zero attached hydrogens (tertiary/aromatic N) is 8. The van der Waals surface area contributed by atoms with Crippen LogP contribution in [0.4, 0.5) is 34.5 Å². The zero-order valence-corrected chi connectivity index (χ0v) is 26.9. The summed E-state index contributed by atoms with van der Waals surface area (Å²) in [6, 6.07) is 14.1. The van der Waals surface area contributed by atoms with E-state index in [1.165, 1.54) is 6.08 Å². The number of aromatic nitrogens is 2. The number of carbonyl (C=O) groups excluding carboxylic acids is 2. The van der Waals surface area contributed by atoms with Gasteiger partial charge in [-0.15, -0.1) is 0 Å². The average Bonchev–Trinajstić information content (AvgIpc) is 3.59. The fourth-order valence-corrected chi connectivity index (χ4v) is 6.74. The molecule has 1 aromatic heterocycles. The van der Waals surface area contributed by atoms with Crippen molar-refractivity contribution in [3.63, 3.8) is 0 Å². The molecular weight excluding hydrogens is 596 g/mol. The molecular formula is C34H40N10O3. The summed E-state index contributed by atoms with van der Waals surface area (Å²) in [5.74, 6) is 1.35. The summed E-state index contributed by atoms with van der Waals surface area (Å²) < 4.78 is 5.82. The number of likely N-dealkylation sites (N-methyl/N-ethyl adjacent to an activating group) is 1. The van der Waals surface area contributed by atoms with Gasteiger partial charge in [-0.05, 0) is 56.3 Å². The SMILES string of the molecule is C=CC(=O)Nc1cccc(N2C3=NCCN3C(=O)c3cnc(Nc4ccc(N5CCC(N6CCN(C)CC6)CC5)cc4OC)nc32)c1. The van der Waals surface area contributed by atoms with Gasteiger partial charge in [0.15, 0.2) is 5.82 Å². The Balaban J connectivity index is 1.12. The first-order valence-corrected chi connectivity index (χ1v) is 16.1. The molecule has 0 unspecified atom stereocenters. The number of benzene rings is 2. The second-order valence-corrected chi connectivity index (χ2v) is 12.2. The van der Waals surface area contributed by atoms with Crippen LogP contribution < -0.4 is 25.2 Å². The largest absolute Gasteiger partial charge is 0.494 e. The van der Waals surface area contributed by atoms with Gasteiger partial charge in [0.2, 0.25) is 17.8 Å². The summed E-state index contributed by atoms with van der Waals surface area (Å²) in [6.07, 6.45) is 5.06. The highest BCUT2D eigenvalue weighted by Crippen LogP contribution is 2.38. The molecule has 2 saturated heterocycles. The molecule has 0 bridgehead atoms. The maximum Gasteiger partial charge on any atom is 0.266 e. The normalized spacial score (nSPS) is 18.8. The van der Waals surface area contributed by atoms with Crippen LogP contribution in [-0.4, -0.2) is 115 Å². The van der Waals surface area contributed by atoms with E-state index in [0.717, 1.165) is 57.8 Å². The van der Waals surface area contributed by atoms with Gasteiger partial charge in [-0.1, -0.05) is 12.6 Å². The van der Waals surface area contributed by atoms with Crippen molar-refractivity contribution < 1.29 is 14.3 Å². The lowest BCUT2D eigenvalue weighted by Gasteiger charge is -2.42. The molecule has 13 nitrogen and oxygen atoms in total. The van der Waals surface area contributed by atoms with E-state index in [2.05, 4.69) is 61.1 Å². The molecule has 13 heteroatoms. The number of amides is 2. The third kappa shape index (κ3) is 6.11. The predicted molar refractivity (Wildman–Crippen MR) is 183 cm³/mol. The van der Waals surface area contributed by atoms with Crippen molar-refractivity contribution in [3.8, 4) is 5.75 Å². The molecule has 7 rings (SSSR count). The van der Waals surface area contributed by atoms with Gasteiger partial charge < -0.3 is 25.2 Å². The minimum Gasteiger partial charge on any atom is -0.494 e. The van der Waals surface area contributed by atoms with Crippen LogP contribution in [0, 0.1) is 0 Å². The van der Waals surface area contributed by atoms with Crippen molar-refractivity contribution in [2.75, 3.05) is 86.9 Å². The monoisotopic (exact) mass is 636 g/mol. The number of aliphatic imine (C=N–C) groups is 1. The first-order valence-electron chi connectivity index (χ1n) is 16.1. The minimum atomic E-state index is -0.319. The highest BCUT2D eigenvalue weighted by molar-refractivity contribution is 6.21. The number of ether oxygens (including phenoxy) is 1. The Kier molecular flexibility index (Phi) is 8.48. The van der Waals surface area contributed by atoms with Crippen LogP contribution >= 0.6 is 0 Å². The highest BCUT2D eigenvalue weighted by Gasteiger charge is 2.40. The summed E-state index contributed by atoms with van der Waals surface area (Å²) in [7, 11) is 3.86. The van der Waals surface area contributed by atoms with Crippen LogP contribution in [0.2, 0.25) is 0 Å². The number of hydrogen-bond donors (Lipinski definition) is 2. The zero-order valence-electron chi connectivity index (χ0n) is 26.9. The summed E-state index contributed by atoms with van der Waals surface area (Å²) >= 11 is 0. The number of hydrogen-bond acceptors (Lipinski definition) is 11. The molecule has 5 heterocycles. The lowest BCUT2D eigenvalue weighted by molar-refractivity contribution is -0.111. The van der Waals surface area contributed by atoms with Gasteiger partial charge in [-0.25, -0.2) is 4.98 Å². The van der Waals surface area contributed by atoms with Crippen LogP contribution in [0.25, 0.3) is 0 Å². The van der Waals surface area contributed by atoms with Gasteiger partial charge in [0, 0.05) is 75.5 Å². The predicted octanol–water partition coefficient (Wildman–Crippen LogP) is 3.53. The molecule has 4 aliphatic heterocycles. The molecule has 0 aliphatic carbocycles. The zero-order chi connectivity index (χ0) is 32.5. The molecule has 2 fully saturated rings. The molecule has 0 spiro atoms. The molecule has 0 atom stereocenters. The molecule has 4 aliphatic rings. The quantitative estimate of drug-likeness (QED) is 0.355. The molecule has 2 N–H and O–H groups in total. The van der Waals surface area contributed by atoms with E-state index in [-0.39, 0.29) is 11.8 Å². The number of piperazine rings is 1. The number of rotatable bonds is 8. The standard InChI is InChI=1S/C34H40N10O3/c1-4-30(45)37-23-6-5-7-26(20-23)44-31-27(32(46)43-15-12-35-34(43)44)22-36-33(39-31)38-28-9-8-25(21-29(28)47-3)41-13-10-24(11-14-41)42-18-16-40(2)17-19-42/h4-9,20-22,24H,1,10-19H2,2-3H3,(H,37,45)(H,36,38,39). The van der Waals surface area contributed by atoms with Crippen LogP contribution in [0.15, 0.2) is 66.3 Å². The first kappa shape index (κ1) is 30.6. The number of nitrogens with one attached hydrogen (secondary N) is 2. The van der Waals surface area contributed by atoms with E-state index in [1.54, 1.807) is 24.3 Å². The van der Waals surface area contributed by atoms with Crippen LogP contribution in [-0.2, 0) is 4.79 Å². The Morgan fingerprint density at radius 2 is 1.83 bits per heavy atom. The number of fused-ring (bicyclic) bond motifs is 2. The lowest BCUT2D eigenvalue weighted by Crippen LogP contribution is -2.52. The maximum atomic E-state index is 13.4. The molecule has 2 aromatic carbocycles. The second kappa shape index (κ2) is 13.0. The van der Waals surface area contributed by atoms with Gasteiger partial charge in [0.1, 0.15) is 11.3 Å². The highest BCUT2D eigenvalue weighted by atomic mass is 16.5. The Bertz CT molecular complexity index is 1710. The molecule has 0 radical (unpaired) electrons. The molecule has 47 heavy (non-hydrogen) atoms. The topological polar surface area (TPSA) is 122 Å². The van der Waals surface area contributed by atoms with Crippen molar-refractivity contribution in [1.29, 1.82) is 0 Å². The van der Waals surface area contributed by atoms with Crippen molar-refractivity contribution in [3.05, 3.63) is 66.9 Å². The van der Waals surface area contributed by atoms with Gasteiger partial charge in [0.25, 0.3) is 5.91 Å². The van der Waals surface area contributed by atoms with Gasteiger partial charge in [-0.3, -0.25) is 29.3 Å². The van der Waals surface area contributed by atoms with Crippen LogP contribution in [0.5, 0.6) is 5.75 Å². The van der Waals surface area contributed by atoms with Crippen molar-refractivity contribution in [1.82, 2.24) is 24.7 Å². The van der Waals surface area contributed by atoms with Gasteiger partial charge in [-0.2, -0.15) is 4.98 Å². The van der Waals surface area contributed by atoms with E-state index >= 15 is 0 Å². The van der Waals surface area contributed by atoms with Crippen LogP contribution in [0.3, 0.4) is 0 Å². The van der Waals surface area contributed by atoms with E-state index in [9.17, 15) is 9.59 Å². The Morgan fingerprint density at radius 1 is 1.02 bits per heavy atom. The Hall–Kier alpha value is -5.01. The fourth-order valence-electron chi connectivity index (χ4n) is 6.74. The van der Waals surface area contributed by atoms with Crippen LogP contribution in [0.1, 0.15) is 23.2 Å². The number of anilines is 6.